The molecule has 1 amide bonds. The van der Waals surface area contributed by atoms with E-state index in [2.05, 4.69) is 15.5 Å². The van der Waals surface area contributed by atoms with Gasteiger partial charge in [0, 0.05) is 22.2 Å². The molecule has 0 atom stereocenters. The number of aryl methyl sites for hydroxylation is 2. The van der Waals surface area contributed by atoms with Crippen LogP contribution in [0.4, 0.5) is 0 Å². The standard InChI is InChI=1S/C20H17Cl2N3O2/c21-15-7-11(8-16(22)19(15)26)10-23-25-20(27)12-5-6-18-14(9-12)13-3-1-2-4-17(13)24-18/h5-10,24,26H,1-4H2,(H,25,27)/b23-10-. The fraction of sp³-hybridized carbons (Fsp3) is 0.200. The molecule has 0 unspecified atom stereocenters. The van der Waals surface area contributed by atoms with Crippen molar-refractivity contribution >= 4 is 46.2 Å². The highest BCUT2D eigenvalue weighted by molar-refractivity contribution is 6.37. The van der Waals surface area contributed by atoms with E-state index in [9.17, 15) is 9.90 Å². The maximum absolute atomic E-state index is 12.4. The van der Waals surface area contributed by atoms with Crippen molar-refractivity contribution in [1.82, 2.24) is 10.4 Å². The average molecular weight is 402 g/mol. The highest BCUT2D eigenvalue weighted by Gasteiger charge is 2.16. The number of aromatic hydroxyl groups is 1. The van der Waals surface area contributed by atoms with Crippen LogP contribution in [0.25, 0.3) is 10.9 Å². The first kappa shape index (κ1) is 17.9. The number of benzene rings is 2. The highest BCUT2D eigenvalue weighted by atomic mass is 35.5. The van der Waals surface area contributed by atoms with Gasteiger partial charge in [-0.1, -0.05) is 23.2 Å². The molecule has 7 heteroatoms. The minimum atomic E-state index is -0.296. The monoisotopic (exact) mass is 401 g/mol. The molecule has 1 heterocycles. The number of carbonyl (C=O) groups is 1. The lowest BCUT2D eigenvalue weighted by atomic mass is 9.95. The number of hydrogen-bond acceptors (Lipinski definition) is 3. The van der Waals surface area contributed by atoms with Crippen LogP contribution in [0.15, 0.2) is 35.4 Å². The summed E-state index contributed by atoms with van der Waals surface area (Å²) in [7, 11) is 0. The Hall–Kier alpha value is -2.50. The van der Waals surface area contributed by atoms with Crippen LogP contribution in [0, 0.1) is 0 Å². The van der Waals surface area contributed by atoms with Gasteiger partial charge >= 0.3 is 0 Å². The fourth-order valence-electron chi connectivity index (χ4n) is 3.44. The first-order valence-electron chi connectivity index (χ1n) is 8.68. The summed E-state index contributed by atoms with van der Waals surface area (Å²) in [5.74, 6) is -0.475. The number of hydrogen-bond donors (Lipinski definition) is 3. The zero-order valence-electron chi connectivity index (χ0n) is 14.4. The predicted molar refractivity (Wildman–Crippen MR) is 108 cm³/mol. The minimum absolute atomic E-state index is 0.123. The van der Waals surface area contributed by atoms with E-state index in [-0.39, 0.29) is 21.7 Å². The third kappa shape index (κ3) is 3.53. The summed E-state index contributed by atoms with van der Waals surface area (Å²) in [6.07, 6.45) is 5.91. The number of H-pyrrole nitrogens is 1. The molecule has 0 radical (unpaired) electrons. The van der Waals surface area contributed by atoms with Crippen molar-refractivity contribution in [2.24, 2.45) is 5.10 Å². The SMILES string of the molecule is O=C(N/N=C\c1cc(Cl)c(O)c(Cl)c1)c1ccc2[nH]c3c(c2c1)CCCC3. The normalized spacial score (nSPS) is 13.9. The number of nitrogens with zero attached hydrogens (tertiary/aromatic N) is 1. The van der Waals surface area contributed by atoms with Gasteiger partial charge in [-0.3, -0.25) is 4.79 Å². The first-order valence-corrected chi connectivity index (χ1v) is 9.43. The molecule has 0 fully saturated rings. The number of hydrazone groups is 1. The van der Waals surface area contributed by atoms with E-state index in [0.29, 0.717) is 11.1 Å². The van der Waals surface area contributed by atoms with E-state index in [1.54, 1.807) is 6.07 Å². The summed E-state index contributed by atoms with van der Waals surface area (Å²) < 4.78 is 0. The van der Waals surface area contributed by atoms with E-state index in [1.165, 1.54) is 42.4 Å². The Balaban J connectivity index is 1.53. The van der Waals surface area contributed by atoms with Gasteiger partial charge in [0.2, 0.25) is 0 Å². The molecule has 3 N–H and O–H groups in total. The molecule has 0 bridgehead atoms. The molecule has 138 valence electrons. The van der Waals surface area contributed by atoms with Crippen molar-refractivity contribution in [2.75, 3.05) is 0 Å². The number of amides is 1. The molecule has 4 rings (SSSR count). The Bertz CT molecular complexity index is 1050. The van der Waals surface area contributed by atoms with Crippen LogP contribution in [0.2, 0.25) is 10.0 Å². The van der Waals surface area contributed by atoms with Gasteiger partial charge in [0.25, 0.3) is 5.91 Å². The van der Waals surface area contributed by atoms with Gasteiger partial charge in [-0.25, -0.2) is 5.43 Å². The molecule has 1 aromatic heterocycles. The van der Waals surface area contributed by atoms with Crippen LogP contribution in [0.1, 0.15) is 40.0 Å². The molecule has 27 heavy (non-hydrogen) atoms. The molecule has 0 saturated carbocycles. The Morgan fingerprint density at radius 2 is 1.89 bits per heavy atom. The number of aromatic nitrogens is 1. The molecule has 1 aliphatic rings. The van der Waals surface area contributed by atoms with Gasteiger partial charge in [0.15, 0.2) is 5.75 Å². The summed E-state index contributed by atoms with van der Waals surface area (Å²) in [5.41, 5.74) is 7.30. The van der Waals surface area contributed by atoms with Gasteiger partial charge < -0.3 is 10.1 Å². The van der Waals surface area contributed by atoms with Crippen molar-refractivity contribution in [3.05, 3.63) is 62.8 Å². The summed E-state index contributed by atoms with van der Waals surface area (Å²) in [6, 6.07) is 8.65. The number of carbonyl (C=O) groups excluding carboxylic acids is 1. The molecule has 1 aliphatic carbocycles. The number of aromatic amines is 1. The lowest BCUT2D eigenvalue weighted by Gasteiger charge is -2.10. The van der Waals surface area contributed by atoms with Crippen LogP contribution < -0.4 is 5.43 Å². The maximum Gasteiger partial charge on any atom is 0.271 e. The lowest BCUT2D eigenvalue weighted by Crippen LogP contribution is -2.17. The van der Waals surface area contributed by atoms with Crippen molar-refractivity contribution < 1.29 is 9.90 Å². The largest absolute Gasteiger partial charge is 0.505 e. The average Bonchev–Trinajstić information content (AvgIpc) is 3.03. The molecule has 0 aliphatic heterocycles. The number of phenols is 1. The summed E-state index contributed by atoms with van der Waals surface area (Å²) in [4.78, 5) is 15.9. The van der Waals surface area contributed by atoms with Crippen molar-refractivity contribution in [1.29, 1.82) is 0 Å². The van der Waals surface area contributed by atoms with E-state index in [1.807, 2.05) is 12.1 Å². The van der Waals surface area contributed by atoms with Crippen LogP contribution in [0.5, 0.6) is 5.75 Å². The van der Waals surface area contributed by atoms with E-state index in [4.69, 9.17) is 23.2 Å². The molecular formula is C20H17Cl2N3O2. The van der Waals surface area contributed by atoms with Crippen LogP contribution >= 0.6 is 23.2 Å². The number of halogens is 2. The van der Waals surface area contributed by atoms with Gasteiger partial charge in [-0.2, -0.15) is 5.10 Å². The topological polar surface area (TPSA) is 77.5 Å². The van der Waals surface area contributed by atoms with Crippen LogP contribution in [-0.2, 0) is 12.8 Å². The molecular weight excluding hydrogens is 385 g/mol. The Morgan fingerprint density at radius 1 is 1.15 bits per heavy atom. The Morgan fingerprint density at radius 3 is 2.67 bits per heavy atom. The van der Waals surface area contributed by atoms with Gasteiger partial charge in [0.05, 0.1) is 16.3 Å². The van der Waals surface area contributed by atoms with Crippen molar-refractivity contribution in [3.8, 4) is 5.75 Å². The van der Waals surface area contributed by atoms with Crippen molar-refractivity contribution in [3.63, 3.8) is 0 Å². The molecule has 5 nitrogen and oxygen atoms in total. The molecule has 0 spiro atoms. The maximum atomic E-state index is 12.4. The number of phenolic OH excluding ortho intramolecular Hbond substituents is 1. The number of fused-ring (bicyclic) bond motifs is 3. The summed E-state index contributed by atoms with van der Waals surface area (Å²) in [6.45, 7) is 0. The lowest BCUT2D eigenvalue weighted by molar-refractivity contribution is 0.0955. The van der Waals surface area contributed by atoms with Crippen LogP contribution in [0.3, 0.4) is 0 Å². The third-order valence-electron chi connectivity index (χ3n) is 4.78. The Labute approximate surface area is 166 Å². The fourth-order valence-corrected chi connectivity index (χ4v) is 3.94. The van der Waals surface area contributed by atoms with E-state index < -0.39 is 0 Å². The smallest absolute Gasteiger partial charge is 0.271 e. The highest BCUT2D eigenvalue weighted by Crippen LogP contribution is 2.32. The molecule has 3 aromatic rings. The summed E-state index contributed by atoms with van der Waals surface area (Å²) in [5, 5.41) is 14.9. The second kappa shape index (κ2) is 7.25. The number of nitrogens with one attached hydrogen (secondary N) is 2. The number of rotatable bonds is 3. The van der Waals surface area contributed by atoms with Crippen molar-refractivity contribution in [2.45, 2.75) is 25.7 Å². The van der Waals surface area contributed by atoms with E-state index >= 15 is 0 Å². The quantitative estimate of drug-likeness (QED) is 0.434. The molecule has 2 aromatic carbocycles. The minimum Gasteiger partial charge on any atom is -0.505 e. The zero-order chi connectivity index (χ0) is 19.0. The Kier molecular flexibility index (Phi) is 4.81. The van der Waals surface area contributed by atoms with Crippen LogP contribution in [-0.4, -0.2) is 22.2 Å². The van der Waals surface area contributed by atoms with Gasteiger partial charge in [-0.15, -0.1) is 0 Å². The third-order valence-corrected chi connectivity index (χ3v) is 5.36. The summed E-state index contributed by atoms with van der Waals surface area (Å²) >= 11 is 11.7. The van der Waals surface area contributed by atoms with Gasteiger partial charge in [0.1, 0.15) is 0 Å². The predicted octanol–water partition coefficient (Wildman–Crippen LogP) is 4.82. The second-order valence-corrected chi connectivity index (χ2v) is 7.40. The zero-order valence-corrected chi connectivity index (χ0v) is 15.9. The van der Waals surface area contributed by atoms with E-state index in [0.717, 1.165) is 23.7 Å². The second-order valence-electron chi connectivity index (χ2n) is 6.58. The first-order chi connectivity index (χ1) is 13.0. The van der Waals surface area contributed by atoms with Gasteiger partial charge in [-0.05, 0) is 67.1 Å². The molecule has 0 saturated heterocycles.